The van der Waals surface area contributed by atoms with Gasteiger partial charge >= 0.3 is 0 Å². The molecule has 0 unspecified atom stereocenters. The Morgan fingerprint density at radius 1 is 0.631 bits per heavy atom. The van der Waals surface area contributed by atoms with Crippen LogP contribution in [-0.2, 0) is 37.9 Å². The second-order valence-corrected chi connectivity index (χ2v) is 17.9. The monoisotopic (exact) mass is 938 g/mol. The summed E-state index contributed by atoms with van der Waals surface area (Å²) in [5, 5.41) is 135. The minimum atomic E-state index is -1.76. The standard InChI is InChI=1S/C44H74O21/c1-8-44(7,65-43-37(56)33(52)30(49)26(17-45)62-43)16-10-12-20(2)14-15-25(46)22(4)13-9-11-21(3)18-58-41-38(57)34(53)39(64-42-36(55)32(51)29(48)24(6)61-42)27(63-41)19-59-40-35(54)31(50)28(47)23(5)60-40/h8,11-12,23-43,45-57H,1,4,9-10,13-19H2,2-3,5-7H3/b20-12+,21-11-/t23-,24-,25-,26+,27+,28-,29-,30+,31+,32+,33-,34+,35+,36+,37+,38+,39+,40+,41+,42-,43-,44+/m0/s1. The molecule has 4 saturated heterocycles. The van der Waals surface area contributed by atoms with Gasteiger partial charge in [-0.1, -0.05) is 36.0 Å². The number of aliphatic hydroxyl groups is 13. The van der Waals surface area contributed by atoms with E-state index >= 15 is 0 Å². The molecule has 21 nitrogen and oxygen atoms in total. The fraction of sp³-hybridized carbons (Fsp3) is 0.818. The highest BCUT2D eigenvalue weighted by atomic mass is 16.8. The topological polar surface area (TPSA) is 337 Å². The first-order valence-electron chi connectivity index (χ1n) is 22.1. The van der Waals surface area contributed by atoms with E-state index in [9.17, 15) is 66.4 Å². The molecule has 0 aliphatic carbocycles. The lowest BCUT2D eigenvalue weighted by Crippen LogP contribution is -2.64. The molecule has 0 bridgehead atoms. The number of aliphatic hydroxyl groups excluding tert-OH is 13. The number of hydrogen-bond donors (Lipinski definition) is 13. The van der Waals surface area contributed by atoms with Crippen molar-refractivity contribution in [2.45, 2.75) is 208 Å². The van der Waals surface area contributed by atoms with Crippen molar-refractivity contribution in [3.63, 3.8) is 0 Å². The third-order valence-electron chi connectivity index (χ3n) is 12.5. The third kappa shape index (κ3) is 14.6. The molecule has 0 saturated carbocycles. The zero-order chi connectivity index (χ0) is 48.5. The minimum Gasteiger partial charge on any atom is -0.394 e. The summed E-state index contributed by atoms with van der Waals surface area (Å²) in [7, 11) is 0. The summed E-state index contributed by atoms with van der Waals surface area (Å²) in [6.07, 6.45) is -21.7. The minimum absolute atomic E-state index is 0.0664. The molecule has 21 heteroatoms. The van der Waals surface area contributed by atoms with E-state index in [4.69, 9.17) is 37.9 Å². The number of allylic oxidation sites excluding steroid dienone is 3. The Bertz CT molecular complexity index is 1550. The lowest BCUT2D eigenvalue weighted by atomic mass is 9.95. The molecule has 0 spiro atoms. The summed E-state index contributed by atoms with van der Waals surface area (Å²) >= 11 is 0. The summed E-state index contributed by atoms with van der Waals surface area (Å²) in [6, 6.07) is 0. The van der Waals surface area contributed by atoms with E-state index in [1.165, 1.54) is 13.8 Å². The van der Waals surface area contributed by atoms with Crippen molar-refractivity contribution in [3.05, 3.63) is 48.1 Å². The van der Waals surface area contributed by atoms with Crippen LogP contribution in [0.4, 0.5) is 0 Å². The highest BCUT2D eigenvalue weighted by molar-refractivity contribution is 5.09. The summed E-state index contributed by atoms with van der Waals surface area (Å²) in [5.41, 5.74) is 1.36. The van der Waals surface area contributed by atoms with Crippen molar-refractivity contribution in [1.29, 1.82) is 0 Å². The largest absolute Gasteiger partial charge is 0.394 e. The summed E-state index contributed by atoms with van der Waals surface area (Å²) in [5.74, 6) is 0. The molecule has 4 heterocycles. The van der Waals surface area contributed by atoms with Crippen molar-refractivity contribution in [1.82, 2.24) is 0 Å². The van der Waals surface area contributed by atoms with Gasteiger partial charge in [0.15, 0.2) is 25.2 Å². The van der Waals surface area contributed by atoms with Gasteiger partial charge in [0.25, 0.3) is 0 Å². The molecule has 4 aliphatic rings. The highest BCUT2D eigenvalue weighted by Gasteiger charge is 2.52. The molecule has 0 amide bonds. The van der Waals surface area contributed by atoms with Gasteiger partial charge < -0.3 is 104 Å². The Balaban J connectivity index is 1.26. The molecular formula is C44H74O21. The van der Waals surface area contributed by atoms with E-state index in [0.29, 0.717) is 49.7 Å². The van der Waals surface area contributed by atoms with Crippen molar-refractivity contribution >= 4 is 0 Å². The van der Waals surface area contributed by atoms with Crippen molar-refractivity contribution in [2.24, 2.45) is 0 Å². The molecule has 0 aromatic carbocycles. The van der Waals surface area contributed by atoms with E-state index in [-0.39, 0.29) is 6.61 Å². The average molecular weight is 939 g/mol. The van der Waals surface area contributed by atoms with Crippen LogP contribution in [0.3, 0.4) is 0 Å². The molecule has 376 valence electrons. The molecule has 0 radical (unpaired) electrons. The Kier molecular flexibility index (Phi) is 21.5. The van der Waals surface area contributed by atoms with Crippen LogP contribution in [-0.4, -0.2) is 221 Å². The predicted octanol–water partition coefficient (Wildman–Crippen LogP) is -2.58. The first-order valence-corrected chi connectivity index (χ1v) is 22.1. The molecular weight excluding hydrogens is 864 g/mol. The maximum Gasteiger partial charge on any atom is 0.187 e. The molecule has 22 atom stereocenters. The SMILES string of the molecule is C=C[C@](C)(CC/C=C(\C)CC[C@H](O)C(=C)CC/C=C(/C)CO[C@@H]1O[C@H](CO[C@@H]2O[C@@H](C)[C@H](O)[C@@H](O)[C@H]2O)[C@@H](O[C@@H]2O[C@@H](C)[C@H](O)[C@@H](O)[C@H]2O)[C@H](O)[C@H]1O)O[C@@H]1O[C@H](CO)[C@@H](O)[C@H](O)[C@H]1O. The third-order valence-corrected chi connectivity index (χ3v) is 12.5. The smallest absolute Gasteiger partial charge is 0.187 e. The molecule has 65 heavy (non-hydrogen) atoms. The van der Waals surface area contributed by atoms with Crippen LogP contribution in [0.25, 0.3) is 0 Å². The van der Waals surface area contributed by atoms with Crippen LogP contribution in [0.2, 0.25) is 0 Å². The van der Waals surface area contributed by atoms with Gasteiger partial charge in [0.1, 0.15) is 85.5 Å². The average Bonchev–Trinajstić information content (AvgIpc) is 3.28. The fourth-order valence-electron chi connectivity index (χ4n) is 7.83. The molecule has 0 aromatic heterocycles. The van der Waals surface area contributed by atoms with E-state index in [1.54, 1.807) is 19.9 Å². The number of ether oxygens (including phenoxy) is 8. The zero-order valence-electron chi connectivity index (χ0n) is 37.7. The Hall–Kier alpha value is -1.88. The van der Waals surface area contributed by atoms with Gasteiger partial charge in [-0.05, 0) is 78.7 Å². The molecule has 4 fully saturated rings. The van der Waals surface area contributed by atoms with E-state index in [1.807, 2.05) is 19.1 Å². The zero-order valence-corrected chi connectivity index (χ0v) is 37.7. The Morgan fingerprint density at radius 3 is 1.77 bits per heavy atom. The van der Waals surface area contributed by atoms with E-state index in [0.717, 1.165) is 5.57 Å². The van der Waals surface area contributed by atoms with Crippen LogP contribution in [0.15, 0.2) is 48.1 Å². The van der Waals surface area contributed by atoms with Gasteiger partial charge in [-0.15, -0.1) is 6.58 Å². The van der Waals surface area contributed by atoms with Gasteiger partial charge in [0, 0.05) is 0 Å². The lowest BCUT2D eigenvalue weighted by Gasteiger charge is -2.46. The summed E-state index contributed by atoms with van der Waals surface area (Å²) < 4.78 is 45.9. The predicted molar refractivity (Wildman–Crippen MR) is 226 cm³/mol. The molecule has 0 aromatic rings. The maximum atomic E-state index is 11.3. The van der Waals surface area contributed by atoms with Crippen LogP contribution in [0.5, 0.6) is 0 Å². The first-order chi connectivity index (χ1) is 30.5. The van der Waals surface area contributed by atoms with Crippen molar-refractivity contribution < 1.29 is 104 Å². The van der Waals surface area contributed by atoms with Gasteiger partial charge in [0.05, 0.1) is 43.7 Å². The normalized spacial score (nSPS) is 42.3. The number of hydrogen-bond acceptors (Lipinski definition) is 21. The van der Waals surface area contributed by atoms with Crippen LogP contribution >= 0.6 is 0 Å². The molecule has 13 N–H and O–H groups in total. The van der Waals surface area contributed by atoms with Gasteiger partial charge in [-0.2, -0.15) is 0 Å². The van der Waals surface area contributed by atoms with Crippen LogP contribution in [0.1, 0.15) is 73.1 Å². The Labute approximate surface area is 379 Å². The second kappa shape index (κ2) is 25.1. The van der Waals surface area contributed by atoms with Gasteiger partial charge in [0.2, 0.25) is 0 Å². The summed E-state index contributed by atoms with van der Waals surface area (Å²) in [6.45, 7) is 15.1. The Morgan fingerprint density at radius 2 is 1.15 bits per heavy atom. The highest BCUT2D eigenvalue weighted by Crippen LogP contribution is 2.33. The molecule has 4 aliphatic heterocycles. The second-order valence-electron chi connectivity index (χ2n) is 17.9. The van der Waals surface area contributed by atoms with E-state index in [2.05, 4.69) is 13.2 Å². The fourth-order valence-corrected chi connectivity index (χ4v) is 7.83. The van der Waals surface area contributed by atoms with Crippen molar-refractivity contribution in [2.75, 3.05) is 19.8 Å². The molecule has 4 rings (SSSR count). The summed E-state index contributed by atoms with van der Waals surface area (Å²) in [4.78, 5) is 0. The number of rotatable bonds is 22. The van der Waals surface area contributed by atoms with Gasteiger partial charge in [-0.25, -0.2) is 0 Å². The van der Waals surface area contributed by atoms with Gasteiger partial charge in [-0.3, -0.25) is 0 Å². The van der Waals surface area contributed by atoms with Crippen LogP contribution < -0.4 is 0 Å². The van der Waals surface area contributed by atoms with Crippen LogP contribution in [0, 0.1) is 0 Å². The first kappa shape index (κ1) is 55.7. The maximum absolute atomic E-state index is 11.3. The quantitative estimate of drug-likeness (QED) is 0.0496. The lowest BCUT2D eigenvalue weighted by molar-refractivity contribution is -0.363. The van der Waals surface area contributed by atoms with E-state index < -0.39 is 148 Å². The van der Waals surface area contributed by atoms with Crippen molar-refractivity contribution in [3.8, 4) is 0 Å².